The number of rotatable bonds is 7. The van der Waals surface area contributed by atoms with Gasteiger partial charge in [0, 0.05) is 18.4 Å². The number of nitrogens with one attached hydrogen (secondary N) is 1. The predicted molar refractivity (Wildman–Crippen MR) is 107 cm³/mol. The Balaban J connectivity index is 2.19. The van der Waals surface area contributed by atoms with Crippen molar-refractivity contribution in [2.75, 3.05) is 26.9 Å². The predicted octanol–water partition coefficient (Wildman–Crippen LogP) is 1.52. The quantitative estimate of drug-likeness (QED) is 0.411. The van der Waals surface area contributed by atoms with Gasteiger partial charge in [-0.3, -0.25) is 10.2 Å². The molecule has 0 aliphatic carbocycles. The molecule has 8 nitrogen and oxygen atoms in total. The Morgan fingerprint density at radius 2 is 1.79 bits per heavy atom. The molecule has 2 aromatic rings. The molecular weight excluding hydrogens is 380 g/mol. The van der Waals surface area contributed by atoms with Crippen LogP contribution in [0, 0.1) is 5.41 Å². The van der Waals surface area contributed by atoms with Crippen LogP contribution in [0.5, 0.6) is 5.75 Å². The highest BCUT2D eigenvalue weighted by atomic mass is 32.2. The smallest absolute Gasteiger partial charge is 0.294 e. The molecule has 0 saturated heterocycles. The van der Waals surface area contributed by atoms with Gasteiger partial charge >= 0.3 is 0 Å². The van der Waals surface area contributed by atoms with Crippen molar-refractivity contribution in [1.82, 2.24) is 9.96 Å². The van der Waals surface area contributed by atoms with E-state index < -0.39 is 21.7 Å². The molecule has 9 heteroatoms. The minimum atomic E-state index is -3.48. The van der Waals surface area contributed by atoms with Crippen LogP contribution < -0.4 is 10.6 Å². The second-order valence-electron chi connectivity index (χ2n) is 6.57. The second-order valence-corrected chi connectivity index (χ2v) is 8.59. The van der Waals surface area contributed by atoms with E-state index in [4.69, 9.17) is 16.0 Å². The molecule has 0 saturated carbocycles. The standard InChI is InChI=1S/C19H24N4O4S/c1-22(2)12-11-14-7-9-16(10-8-14)27-23(19(20)21)18(24)15-5-4-6-17(13-15)28(3,25)26/h4-10,13H,11-12H2,1-3H3,(H3,20,21). The van der Waals surface area contributed by atoms with E-state index >= 15 is 0 Å². The van der Waals surface area contributed by atoms with Crippen molar-refractivity contribution in [2.24, 2.45) is 5.73 Å². The SMILES string of the molecule is CN(C)CCc1ccc(ON(C(=N)N)C(=O)c2cccc(S(C)(=O)=O)c2)cc1. The van der Waals surface area contributed by atoms with Crippen LogP contribution in [-0.2, 0) is 16.3 Å². The lowest BCUT2D eigenvalue weighted by molar-refractivity contribution is 0.0153. The Bertz CT molecular complexity index is 956. The summed E-state index contributed by atoms with van der Waals surface area (Å²) in [5.41, 5.74) is 6.64. The van der Waals surface area contributed by atoms with Crippen LogP contribution in [0.3, 0.4) is 0 Å². The van der Waals surface area contributed by atoms with Gasteiger partial charge < -0.3 is 15.5 Å². The van der Waals surface area contributed by atoms with Crippen molar-refractivity contribution < 1.29 is 18.0 Å². The van der Waals surface area contributed by atoms with Crippen molar-refractivity contribution >= 4 is 21.7 Å². The number of nitrogens with two attached hydrogens (primary N) is 1. The van der Waals surface area contributed by atoms with Crippen LogP contribution in [0.2, 0.25) is 0 Å². The summed E-state index contributed by atoms with van der Waals surface area (Å²) in [6, 6.07) is 12.6. The maximum Gasteiger partial charge on any atom is 0.294 e. The van der Waals surface area contributed by atoms with Gasteiger partial charge in [0.1, 0.15) is 0 Å². The number of nitrogens with zero attached hydrogens (tertiary/aromatic N) is 2. The third-order valence-corrected chi connectivity index (χ3v) is 4.99. The van der Waals surface area contributed by atoms with E-state index in [0.717, 1.165) is 24.8 Å². The summed E-state index contributed by atoms with van der Waals surface area (Å²) in [5, 5.41) is 8.27. The molecule has 0 radical (unpaired) electrons. The Hall–Kier alpha value is -2.91. The number of carbonyl (C=O) groups excluding carboxylic acids is 1. The van der Waals surface area contributed by atoms with E-state index in [2.05, 4.69) is 4.90 Å². The highest BCUT2D eigenvalue weighted by molar-refractivity contribution is 7.90. The van der Waals surface area contributed by atoms with Crippen LogP contribution in [0.15, 0.2) is 53.4 Å². The zero-order valence-corrected chi connectivity index (χ0v) is 16.9. The monoisotopic (exact) mass is 404 g/mol. The number of hydrogen-bond donors (Lipinski definition) is 2. The van der Waals surface area contributed by atoms with Gasteiger partial charge in [-0.2, -0.15) is 0 Å². The summed E-state index contributed by atoms with van der Waals surface area (Å²) in [4.78, 5) is 20.2. The van der Waals surface area contributed by atoms with E-state index in [1.54, 1.807) is 12.1 Å². The Kier molecular flexibility index (Phi) is 6.76. The van der Waals surface area contributed by atoms with Gasteiger partial charge in [0.05, 0.1) is 4.90 Å². The van der Waals surface area contributed by atoms with Crippen LogP contribution in [0.1, 0.15) is 15.9 Å². The molecular formula is C19H24N4O4S. The first kappa shape index (κ1) is 21.4. The number of benzene rings is 2. The Morgan fingerprint density at radius 3 is 2.32 bits per heavy atom. The zero-order chi connectivity index (χ0) is 20.9. The molecule has 2 aromatic carbocycles. The molecule has 3 N–H and O–H groups in total. The maximum absolute atomic E-state index is 12.7. The topological polar surface area (TPSA) is 117 Å². The van der Waals surface area contributed by atoms with E-state index in [1.807, 2.05) is 26.2 Å². The van der Waals surface area contributed by atoms with Gasteiger partial charge in [-0.05, 0) is 56.4 Å². The van der Waals surface area contributed by atoms with Gasteiger partial charge in [-0.15, -0.1) is 5.06 Å². The number of likely N-dealkylation sites (N-methyl/N-ethyl adjacent to an activating group) is 1. The summed E-state index contributed by atoms with van der Waals surface area (Å²) in [6.07, 6.45) is 1.91. The Labute approximate surface area is 164 Å². The first-order valence-electron chi connectivity index (χ1n) is 8.48. The van der Waals surface area contributed by atoms with Crippen molar-refractivity contribution in [1.29, 1.82) is 5.41 Å². The molecule has 150 valence electrons. The van der Waals surface area contributed by atoms with Gasteiger partial charge in [0.25, 0.3) is 5.91 Å². The summed E-state index contributed by atoms with van der Waals surface area (Å²) < 4.78 is 23.4. The van der Waals surface area contributed by atoms with E-state index in [1.165, 1.54) is 24.3 Å². The van der Waals surface area contributed by atoms with Gasteiger partial charge in [-0.1, -0.05) is 18.2 Å². The molecule has 0 bridgehead atoms. The normalized spacial score (nSPS) is 11.3. The summed E-state index contributed by atoms with van der Waals surface area (Å²) in [5.74, 6) is -1.03. The number of sulfone groups is 1. The third-order valence-electron chi connectivity index (χ3n) is 3.88. The number of guanidine groups is 1. The Morgan fingerprint density at radius 1 is 1.14 bits per heavy atom. The summed E-state index contributed by atoms with van der Waals surface area (Å²) in [7, 11) is 0.505. The molecule has 28 heavy (non-hydrogen) atoms. The van der Waals surface area contributed by atoms with Gasteiger partial charge in [0.2, 0.25) is 5.96 Å². The fourth-order valence-corrected chi connectivity index (χ4v) is 3.02. The highest BCUT2D eigenvalue weighted by Crippen LogP contribution is 2.17. The van der Waals surface area contributed by atoms with Gasteiger partial charge in [-0.25, -0.2) is 8.42 Å². The second kappa shape index (κ2) is 8.85. The minimum Gasteiger partial charge on any atom is -0.369 e. The zero-order valence-electron chi connectivity index (χ0n) is 16.0. The number of carbonyl (C=O) groups is 1. The van der Waals surface area contributed by atoms with E-state index in [0.29, 0.717) is 10.8 Å². The molecule has 0 unspecified atom stereocenters. The first-order valence-corrected chi connectivity index (χ1v) is 10.4. The molecule has 0 aromatic heterocycles. The lowest BCUT2D eigenvalue weighted by atomic mass is 10.1. The third kappa shape index (κ3) is 5.80. The molecule has 0 heterocycles. The largest absolute Gasteiger partial charge is 0.369 e. The fraction of sp³-hybridized carbons (Fsp3) is 0.263. The van der Waals surface area contributed by atoms with Crippen molar-refractivity contribution in [3.63, 3.8) is 0 Å². The lowest BCUT2D eigenvalue weighted by Crippen LogP contribution is -2.43. The number of hydroxylamine groups is 2. The first-order chi connectivity index (χ1) is 13.1. The molecule has 0 spiro atoms. The molecule has 0 aliphatic heterocycles. The van der Waals surface area contributed by atoms with Crippen LogP contribution in [0.25, 0.3) is 0 Å². The summed E-state index contributed by atoms with van der Waals surface area (Å²) >= 11 is 0. The number of amides is 1. The fourth-order valence-electron chi connectivity index (χ4n) is 2.35. The van der Waals surface area contributed by atoms with Crippen LogP contribution >= 0.6 is 0 Å². The molecule has 1 amide bonds. The highest BCUT2D eigenvalue weighted by Gasteiger charge is 2.22. The van der Waals surface area contributed by atoms with Crippen molar-refractivity contribution in [2.45, 2.75) is 11.3 Å². The van der Waals surface area contributed by atoms with E-state index in [-0.39, 0.29) is 10.5 Å². The molecule has 0 atom stereocenters. The molecule has 0 aliphatic rings. The van der Waals surface area contributed by atoms with Gasteiger partial charge in [0.15, 0.2) is 15.6 Å². The average molecular weight is 404 g/mol. The lowest BCUT2D eigenvalue weighted by Gasteiger charge is -2.20. The minimum absolute atomic E-state index is 0.00732. The van der Waals surface area contributed by atoms with Crippen molar-refractivity contribution in [3.8, 4) is 5.75 Å². The molecule has 0 fully saturated rings. The summed E-state index contributed by atoms with van der Waals surface area (Å²) in [6.45, 7) is 0.898. The maximum atomic E-state index is 12.7. The van der Waals surface area contributed by atoms with Crippen LogP contribution in [-0.4, -0.2) is 57.1 Å². The van der Waals surface area contributed by atoms with Crippen LogP contribution in [0.4, 0.5) is 0 Å². The van der Waals surface area contributed by atoms with Crippen molar-refractivity contribution in [3.05, 3.63) is 59.7 Å². The average Bonchev–Trinajstić information content (AvgIpc) is 2.64. The van der Waals surface area contributed by atoms with E-state index in [9.17, 15) is 13.2 Å². The number of hydrogen-bond acceptors (Lipinski definition) is 6. The molecule has 2 rings (SSSR count).